The number of hydrogen-bond donors (Lipinski definition) is 1. The molecule has 10 heavy (non-hydrogen) atoms. The van der Waals surface area contributed by atoms with Gasteiger partial charge in [0.15, 0.2) is 0 Å². The maximum Gasteiger partial charge on any atom is 0.101 e. The molecule has 0 aliphatic heterocycles. The third-order valence-corrected chi connectivity index (χ3v) is 2.23. The molecule has 1 N–H and O–H groups in total. The molecular formula is C8H13BrO. The summed E-state index contributed by atoms with van der Waals surface area (Å²) in [6.07, 6.45) is 7.62. The standard InChI is InChI=1S/C8H13BrO/c1-3-5-6-8(10)7(9)4-2/h2,7-8,10H,3,5-6H2,1H3/t7-,8-/m1/s1. The molecule has 0 aromatic heterocycles. The minimum atomic E-state index is -0.384. The van der Waals surface area contributed by atoms with E-state index in [-0.39, 0.29) is 10.9 Å². The molecule has 0 saturated carbocycles. The van der Waals surface area contributed by atoms with Crippen molar-refractivity contribution >= 4 is 15.9 Å². The first-order valence-electron chi connectivity index (χ1n) is 3.50. The molecular weight excluding hydrogens is 192 g/mol. The van der Waals surface area contributed by atoms with E-state index >= 15 is 0 Å². The average Bonchev–Trinajstić information content (AvgIpc) is 1.98. The number of aliphatic hydroxyl groups is 1. The van der Waals surface area contributed by atoms with E-state index in [1.807, 2.05) is 0 Å². The number of rotatable bonds is 4. The van der Waals surface area contributed by atoms with Gasteiger partial charge in [0.05, 0.1) is 6.10 Å². The molecule has 0 radical (unpaired) electrons. The monoisotopic (exact) mass is 204 g/mol. The molecule has 0 bridgehead atoms. The summed E-state index contributed by atoms with van der Waals surface area (Å²) in [5.74, 6) is 2.44. The van der Waals surface area contributed by atoms with Crippen molar-refractivity contribution in [1.82, 2.24) is 0 Å². The van der Waals surface area contributed by atoms with Crippen LogP contribution in [0.1, 0.15) is 26.2 Å². The first-order chi connectivity index (χ1) is 4.72. The highest BCUT2D eigenvalue weighted by atomic mass is 79.9. The molecule has 0 aliphatic carbocycles. The fourth-order valence-electron chi connectivity index (χ4n) is 0.671. The van der Waals surface area contributed by atoms with Gasteiger partial charge < -0.3 is 5.11 Å². The number of unbranched alkanes of at least 4 members (excludes halogenated alkanes) is 1. The van der Waals surface area contributed by atoms with Crippen LogP contribution in [0.25, 0.3) is 0 Å². The molecule has 0 aliphatic rings. The fourth-order valence-corrected chi connectivity index (χ4v) is 0.935. The average molecular weight is 205 g/mol. The topological polar surface area (TPSA) is 20.2 Å². The Morgan fingerprint density at radius 2 is 2.30 bits per heavy atom. The van der Waals surface area contributed by atoms with E-state index in [4.69, 9.17) is 6.42 Å². The lowest BCUT2D eigenvalue weighted by Gasteiger charge is -2.10. The first kappa shape index (κ1) is 10.0. The third-order valence-electron chi connectivity index (χ3n) is 1.35. The van der Waals surface area contributed by atoms with Crippen LogP contribution in [-0.2, 0) is 0 Å². The molecule has 0 heterocycles. The highest BCUT2D eigenvalue weighted by Crippen LogP contribution is 2.10. The zero-order valence-corrected chi connectivity index (χ0v) is 7.76. The zero-order chi connectivity index (χ0) is 7.98. The molecule has 0 rings (SSSR count). The van der Waals surface area contributed by atoms with Gasteiger partial charge in [-0.1, -0.05) is 41.6 Å². The zero-order valence-electron chi connectivity index (χ0n) is 6.18. The second-order valence-electron chi connectivity index (χ2n) is 2.28. The first-order valence-corrected chi connectivity index (χ1v) is 4.42. The number of aliphatic hydroxyl groups excluding tert-OH is 1. The molecule has 0 aromatic carbocycles. The Bertz CT molecular complexity index is 117. The van der Waals surface area contributed by atoms with Crippen molar-refractivity contribution in [2.45, 2.75) is 37.1 Å². The minimum Gasteiger partial charge on any atom is -0.391 e. The Kier molecular flexibility index (Phi) is 5.76. The van der Waals surface area contributed by atoms with Crippen molar-refractivity contribution in [3.63, 3.8) is 0 Å². The van der Waals surface area contributed by atoms with Crippen LogP contribution >= 0.6 is 15.9 Å². The third kappa shape index (κ3) is 3.92. The number of halogens is 1. The van der Waals surface area contributed by atoms with Crippen LogP contribution in [0.15, 0.2) is 0 Å². The molecule has 0 amide bonds. The van der Waals surface area contributed by atoms with Gasteiger partial charge in [-0.05, 0) is 6.42 Å². The van der Waals surface area contributed by atoms with Crippen LogP contribution in [0.2, 0.25) is 0 Å². The van der Waals surface area contributed by atoms with Gasteiger partial charge >= 0.3 is 0 Å². The molecule has 2 heteroatoms. The lowest BCUT2D eigenvalue weighted by Crippen LogP contribution is -2.17. The molecule has 2 atom stereocenters. The molecule has 0 saturated heterocycles. The van der Waals surface area contributed by atoms with Gasteiger partial charge in [0.1, 0.15) is 4.83 Å². The second-order valence-corrected chi connectivity index (χ2v) is 3.26. The van der Waals surface area contributed by atoms with Crippen LogP contribution in [0.5, 0.6) is 0 Å². The fraction of sp³-hybridized carbons (Fsp3) is 0.750. The quantitative estimate of drug-likeness (QED) is 0.549. The van der Waals surface area contributed by atoms with Gasteiger partial charge in [-0.15, -0.1) is 6.42 Å². The number of hydrogen-bond acceptors (Lipinski definition) is 1. The minimum absolute atomic E-state index is 0.181. The summed E-state index contributed by atoms with van der Waals surface area (Å²) < 4.78 is 0. The summed E-state index contributed by atoms with van der Waals surface area (Å²) in [7, 11) is 0. The van der Waals surface area contributed by atoms with Crippen molar-refractivity contribution in [3.05, 3.63) is 0 Å². The highest BCUT2D eigenvalue weighted by Gasteiger charge is 2.11. The normalized spacial score (nSPS) is 15.8. The largest absolute Gasteiger partial charge is 0.391 e. The predicted molar refractivity (Wildman–Crippen MR) is 47.1 cm³/mol. The van der Waals surface area contributed by atoms with E-state index in [0.29, 0.717) is 0 Å². The lowest BCUT2D eigenvalue weighted by atomic mass is 10.1. The Balaban J connectivity index is 3.43. The Morgan fingerprint density at radius 3 is 2.70 bits per heavy atom. The van der Waals surface area contributed by atoms with E-state index in [9.17, 15) is 5.11 Å². The molecule has 0 spiro atoms. The van der Waals surface area contributed by atoms with Crippen molar-refractivity contribution < 1.29 is 5.11 Å². The van der Waals surface area contributed by atoms with E-state index in [2.05, 4.69) is 28.8 Å². The Labute approximate surface area is 71.0 Å². The van der Waals surface area contributed by atoms with Gasteiger partial charge in [0, 0.05) is 0 Å². The molecule has 1 nitrogen and oxygen atoms in total. The maximum atomic E-state index is 9.26. The summed E-state index contributed by atoms with van der Waals surface area (Å²) in [6.45, 7) is 2.09. The van der Waals surface area contributed by atoms with Gasteiger partial charge in [-0.2, -0.15) is 0 Å². The summed E-state index contributed by atoms with van der Waals surface area (Å²) >= 11 is 3.19. The summed E-state index contributed by atoms with van der Waals surface area (Å²) in [6, 6.07) is 0. The van der Waals surface area contributed by atoms with Crippen LogP contribution in [0.4, 0.5) is 0 Å². The SMILES string of the molecule is C#C[C@@H](Br)[C@H](O)CCCC. The van der Waals surface area contributed by atoms with Gasteiger partial charge in [0.2, 0.25) is 0 Å². The number of alkyl halides is 1. The maximum absolute atomic E-state index is 9.26. The number of terminal acetylenes is 1. The highest BCUT2D eigenvalue weighted by molar-refractivity contribution is 9.09. The van der Waals surface area contributed by atoms with Gasteiger partial charge in [-0.3, -0.25) is 0 Å². The predicted octanol–water partition coefficient (Wildman–Crippen LogP) is 1.93. The van der Waals surface area contributed by atoms with Gasteiger partial charge in [0.25, 0.3) is 0 Å². The van der Waals surface area contributed by atoms with E-state index in [1.165, 1.54) is 0 Å². The smallest absolute Gasteiger partial charge is 0.101 e. The molecule has 0 aromatic rings. The van der Waals surface area contributed by atoms with Crippen molar-refractivity contribution in [2.75, 3.05) is 0 Å². The van der Waals surface area contributed by atoms with Crippen LogP contribution in [-0.4, -0.2) is 16.0 Å². The van der Waals surface area contributed by atoms with Crippen molar-refractivity contribution in [3.8, 4) is 12.3 Å². The molecule has 0 unspecified atom stereocenters. The van der Waals surface area contributed by atoms with Crippen LogP contribution in [0.3, 0.4) is 0 Å². The molecule has 58 valence electrons. The Morgan fingerprint density at radius 1 is 1.70 bits per heavy atom. The van der Waals surface area contributed by atoms with E-state index in [0.717, 1.165) is 19.3 Å². The summed E-state index contributed by atoms with van der Waals surface area (Å²) in [5.41, 5.74) is 0. The van der Waals surface area contributed by atoms with Crippen molar-refractivity contribution in [2.24, 2.45) is 0 Å². The summed E-state index contributed by atoms with van der Waals surface area (Å²) in [4.78, 5) is -0.181. The van der Waals surface area contributed by atoms with Crippen LogP contribution in [0, 0.1) is 12.3 Å². The van der Waals surface area contributed by atoms with E-state index in [1.54, 1.807) is 0 Å². The van der Waals surface area contributed by atoms with Crippen LogP contribution < -0.4 is 0 Å². The van der Waals surface area contributed by atoms with Crippen molar-refractivity contribution in [1.29, 1.82) is 0 Å². The second kappa shape index (κ2) is 5.76. The summed E-state index contributed by atoms with van der Waals surface area (Å²) in [5, 5.41) is 9.26. The van der Waals surface area contributed by atoms with E-state index < -0.39 is 0 Å². The Hall–Kier alpha value is -0.0000000000000000208. The lowest BCUT2D eigenvalue weighted by molar-refractivity contribution is 0.173. The van der Waals surface area contributed by atoms with Gasteiger partial charge in [-0.25, -0.2) is 0 Å². The molecule has 0 fully saturated rings.